The molecule has 6 heterocycles. The first-order chi connectivity index (χ1) is 19.3. The molecule has 2 aliphatic heterocycles. The lowest BCUT2D eigenvalue weighted by Crippen LogP contribution is -2.61. The van der Waals surface area contributed by atoms with E-state index in [9.17, 15) is 9.18 Å². The number of carbonyl (C=O) groups excluding carboxylic acids is 1. The molecule has 0 radical (unpaired) electrons. The molecule has 0 unspecified atom stereocenters. The van der Waals surface area contributed by atoms with Gasteiger partial charge in [-0.2, -0.15) is 10.2 Å². The highest BCUT2D eigenvalue weighted by Gasteiger charge is 2.48. The molecule has 4 aromatic rings. The summed E-state index contributed by atoms with van der Waals surface area (Å²) in [7, 11) is 0. The second-order valence-electron chi connectivity index (χ2n) is 10.6. The fourth-order valence-corrected chi connectivity index (χ4v) is 5.55. The second kappa shape index (κ2) is 10.4. The van der Waals surface area contributed by atoms with Gasteiger partial charge in [0.25, 0.3) is 5.91 Å². The maximum atomic E-state index is 13.8. The number of pyridine rings is 1. The zero-order valence-electron chi connectivity index (χ0n) is 22.8. The van der Waals surface area contributed by atoms with E-state index in [4.69, 9.17) is 9.72 Å². The number of morpholine rings is 1. The normalized spacial score (nSPS) is 17.9. The molecule has 0 aliphatic carbocycles. The number of rotatable bonds is 6. The molecule has 0 saturated carbocycles. The number of H-pyrrole nitrogens is 1. The third-order valence-corrected chi connectivity index (χ3v) is 7.74. The molecule has 2 fully saturated rings. The van der Waals surface area contributed by atoms with Gasteiger partial charge in [-0.15, -0.1) is 0 Å². The number of piperidine rings is 1. The summed E-state index contributed by atoms with van der Waals surface area (Å²) < 4.78 is 20.9. The molecule has 0 aromatic carbocycles. The fraction of sp³-hybridized carbons (Fsp3) is 0.429. The van der Waals surface area contributed by atoms with E-state index < -0.39 is 11.4 Å². The van der Waals surface area contributed by atoms with Gasteiger partial charge in [-0.05, 0) is 44.5 Å². The van der Waals surface area contributed by atoms with Crippen LogP contribution in [-0.4, -0.2) is 77.6 Å². The Bertz CT molecular complexity index is 1510. The Morgan fingerprint density at radius 1 is 1.10 bits per heavy atom. The van der Waals surface area contributed by atoms with Crippen molar-refractivity contribution in [3.63, 3.8) is 0 Å². The van der Waals surface area contributed by atoms with Crippen LogP contribution in [0.15, 0.2) is 42.9 Å². The van der Waals surface area contributed by atoms with Gasteiger partial charge < -0.3 is 14.5 Å². The Balaban J connectivity index is 1.13. The molecule has 208 valence electrons. The number of halogens is 1. The molecule has 2 aliphatic rings. The van der Waals surface area contributed by atoms with Crippen molar-refractivity contribution in [2.75, 3.05) is 31.1 Å². The van der Waals surface area contributed by atoms with Crippen molar-refractivity contribution in [3.8, 4) is 5.82 Å². The Morgan fingerprint density at radius 3 is 2.60 bits per heavy atom. The molecular weight excluding hydrogens is 513 g/mol. The van der Waals surface area contributed by atoms with Crippen LogP contribution in [0.4, 0.5) is 10.3 Å². The Hall–Kier alpha value is -4.19. The predicted octanol–water partition coefficient (Wildman–Crippen LogP) is 3.09. The van der Waals surface area contributed by atoms with Crippen LogP contribution in [0.5, 0.6) is 0 Å². The summed E-state index contributed by atoms with van der Waals surface area (Å²) >= 11 is 0. The fourth-order valence-electron chi connectivity index (χ4n) is 5.55. The minimum Gasteiger partial charge on any atom is -0.363 e. The van der Waals surface area contributed by atoms with Crippen molar-refractivity contribution in [3.05, 3.63) is 77.0 Å². The summed E-state index contributed by atoms with van der Waals surface area (Å²) in [5.74, 6) is 0.767. The molecule has 1 spiro atoms. The highest BCUT2D eigenvalue weighted by molar-refractivity contribution is 5.86. The van der Waals surface area contributed by atoms with Gasteiger partial charge in [-0.1, -0.05) is 6.07 Å². The van der Waals surface area contributed by atoms with Crippen molar-refractivity contribution < 1.29 is 13.9 Å². The van der Waals surface area contributed by atoms with E-state index in [0.717, 1.165) is 34.5 Å². The maximum absolute atomic E-state index is 13.8. The van der Waals surface area contributed by atoms with Crippen LogP contribution >= 0.6 is 0 Å². The number of nitrogens with one attached hydrogen (secondary N) is 1. The number of hydrogen-bond acceptors (Lipinski definition) is 8. The average Bonchev–Trinajstić information content (AvgIpc) is 3.57. The van der Waals surface area contributed by atoms with E-state index in [-0.39, 0.29) is 11.9 Å². The molecule has 4 aromatic heterocycles. The number of hydrogen-bond donors (Lipinski definition) is 1. The van der Waals surface area contributed by atoms with Crippen molar-refractivity contribution in [2.24, 2.45) is 0 Å². The van der Waals surface area contributed by atoms with Gasteiger partial charge in [0.05, 0.1) is 36.4 Å². The highest BCUT2D eigenvalue weighted by Crippen LogP contribution is 2.36. The second-order valence-corrected chi connectivity index (χ2v) is 10.6. The zero-order chi connectivity index (χ0) is 27.9. The summed E-state index contributed by atoms with van der Waals surface area (Å²) in [5.41, 5.74) is 3.80. The molecule has 40 heavy (non-hydrogen) atoms. The van der Waals surface area contributed by atoms with Gasteiger partial charge >= 0.3 is 0 Å². The zero-order valence-corrected chi connectivity index (χ0v) is 22.8. The van der Waals surface area contributed by atoms with E-state index in [0.29, 0.717) is 57.3 Å². The summed E-state index contributed by atoms with van der Waals surface area (Å²) in [5, 5.41) is 11.3. The average molecular weight is 546 g/mol. The van der Waals surface area contributed by atoms with E-state index >= 15 is 0 Å². The Kier molecular flexibility index (Phi) is 6.78. The topological polar surface area (TPSA) is 118 Å². The number of amides is 1. The Morgan fingerprint density at radius 2 is 1.93 bits per heavy atom. The molecule has 2 saturated heterocycles. The number of carbonyl (C=O) groups is 1. The maximum Gasteiger partial charge on any atom is 0.255 e. The summed E-state index contributed by atoms with van der Waals surface area (Å²) in [6, 6.07) is 7.50. The minimum absolute atomic E-state index is 0.00359. The highest BCUT2D eigenvalue weighted by atomic mass is 19.1. The van der Waals surface area contributed by atoms with Gasteiger partial charge in [-0.25, -0.2) is 24.0 Å². The summed E-state index contributed by atoms with van der Waals surface area (Å²) in [6.45, 7) is 8.17. The van der Waals surface area contributed by atoms with Crippen LogP contribution in [0.3, 0.4) is 0 Å². The predicted molar refractivity (Wildman–Crippen MR) is 144 cm³/mol. The van der Waals surface area contributed by atoms with Crippen LogP contribution in [0.25, 0.3) is 5.82 Å². The van der Waals surface area contributed by atoms with E-state index in [2.05, 4.69) is 30.2 Å². The number of aryl methyl sites for hydroxylation is 2. The largest absolute Gasteiger partial charge is 0.363 e. The molecule has 12 heteroatoms. The van der Waals surface area contributed by atoms with Gasteiger partial charge in [0.15, 0.2) is 11.6 Å². The number of aromatic amines is 1. The summed E-state index contributed by atoms with van der Waals surface area (Å²) in [6.07, 6.45) is 5.87. The first kappa shape index (κ1) is 26.1. The van der Waals surface area contributed by atoms with Crippen molar-refractivity contribution >= 4 is 11.9 Å². The molecule has 1 N–H and O–H groups in total. The van der Waals surface area contributed by atoms with E-state index in [1.165, 1.54) is 10.9 Å². The SMILES string of the molecule is Cc1cc(Cc2cc(C)[nH]n2)nc(N2CCC3(CC2)OCCN([C@H](C)c2ccc(-n4cc(F)cn4)nc2)C3=O)n1. The van der Waals surface area contributed by atoms with Crippen LogP contribution in [0.2, 0.25) is 0 Å². The summed E-state index contributed by atoms with van der Waals surface area (Å²) in [4.78, 5) is 31.8. The van der Waals surface area contributed by atoms with Crippen LogP contribution < -0.4 is 4.90 Å². The van der Waals surface area contributed by atoms with Crippen molar-refractivity contribution in [2.45, 2.75) is 51.7 Å². The van der Waals surface area contributed by atoms with Crippen LogP contribution in [0, 0.1) is 19.7 Å². The monoisotopic (exact) mass is 545 g/mol. The molecule has 6 rings (SSSR count). The van der Waals surface area contributed by atoms with E-state index in [1.54, 1.807) is 12.3 Å². The number of nitrogens with zero attached hydrogens (tertiary/aromatic N) is 8. The van der Waals surface area contributed by atoms with E-state index in [1.807, 2.05) is 43.9 Å². The third kappa shape index (κ3) is 5.06. The lowest BCUT2D eigenvalue weighted by molar-refractivity contribution is -0.178. The minimum atomic E-state index is -0.859. The smallest absolute Gasteiger partial charge is 0.255 e. The van der Waals surface area contributed by atoms with Crippen molar-refractivity contribution in [1.29, 1.82) is 0 Å². The third-order valence-electron chi connectivity index (χ3n) is 7.74. The molecular formula is C28H32FN9O2. The standard InChI is InChI=1S/C28H32FN9O2/c1-18-12-23(14-24-13-19(2)34-35-24)33-27(32-18)36-8-6-28(7-9-36)26(39)37(10-11-40-28)20(3)21-4-5-25(30-15-21)38-17-22(29)16-31-38/h4-5,12-13,15-17,20H,6-11,14H2,1-3H3,(H,34,35)/t20-/m1/s1. The molecule has 11 nitrogen and oxygen atoms in total. The lowest BCUT2D eigenvalue weighted by Gasteiger charge is -2.47. The molecule has 1 amide bonds. The molecule has 0 bridgehead atoms. The van der Waals surface area contributed by atoms with Gasteiger partial charge in [0, 0.05) is 56.5 Å². The number of aromatic nitrogens is 7. The quantitative estimate of drug-likeness (QED) is 0.393. The van der Waals surface area contributed by atoms with Crippen LogP contribution in [0.1, 0.15) is 54.1 Å². The first-order valence-corrected chi connectivity index (χ1v) is 13.5. The number of ether oxygens (including phenoxy) is 1. The van der Waals surface area contributed by atoms with Gasteiger partial charge in [0.1, 0.15) is 5.60 Å². The number of anilines is 1. The lowest BCUT2D eigenvalue weighted by atomic mass is 9.87. The van der Waals surface area contributed by atoms with Crippen LogP contribution in [-0.2, 0) is 16.0 Å². The first-order valence-electron chi connectivity index (χ1n) is 13.5. The van der Waals surface area contributed by atoms with Gasteiger partial charge in [-0.3, -0.25) is 9.89 Å². The molecule has 1 atom stereocenters. The van der Waals surface area contributed by atoms with Gasteiger partial charge in [0.2, 0.25) is 5.95 Å². The Labute approximate surface area is 231 Å². The van der Waals surface area contributed by atoms with Crippen molar-refractivity contribution in [1.82, 2.24) is 39.8 Å².